The average molecular weight is 2040 g/mol. The number of benzene rings is 1. The normalized spacial score (nSPS) is 11.5. The van der Waals surface area contributed by atoms with E-state index in [-0.39, 0.29) is 89.3 Å². The second-order valence-electron chi connectivity index (χ2n) is 25.1. The molecule has 130 heavy (non-hydrogen) atoms. The summed E-state index contributed by atoms with van der Waals surface area (Å²) in [5.41, 5.74) is 46.5. The molecule has 0 amide bonds. The summed E-state index contributed by atoms with van der Waals surface area (Å²) in [7, 11) is 0. The molecule has 752 valence electrons. The minimum absolute atomic E-state index is 0.0147. The molecule has 0 bridgehead atoms. The highest BCUT2D eigenvalue weighted by Gasteiger charge is 2.25. The van der Waals surface area contributed by atoms with E-state index in [4.69, 9.17) is 89.5 Å². The zero-order chi connectivity index (χ0) is 100. The Morgan fingerprint density at radius 1 is 0.323 bits per heavy atom. The molecule has 0 aromatic heterocycles. The van der Waals surface area contributed by atoms with E-state index in [1.807, 2.05) is 0 Å². The van der Waals surface area contributed by atoms with Crippen LogP contribution in [0.15, 0.2) is 30.3 Å². The van der Waals surface area contributed by atoms with Crippen LogP contribution in [0.25, 0.3) is 0 Å². The van der Waals surface area contributed by atoms with Gasteiger partial charge in [-0.25, -0.2) is 47.9 Å². The summed E-state index contributed by atoms with van der Waals surface area (Å²) in [5, 5.41) is -4.33. The van der Waals surface area contributed by atoms with Crippen molar-refractivity contribution in [1.82, 2.24) is 0 Å². The molecule has 2 rings (SSSR count). The van der Waals surface area contributed by atoms with Gasteiger partial charge in [-0.1, -0.05) is 79.0 Å². The van der Waals surface area contributed by atoms with Crippen molar-refractivity contribution in [3.63, 3.8) is 0 Å². The third-order valence-corrected chi connectivity index (χ3v) is 19.2. The summed E-state index contributed by atoms with van der Waals surface area (Å²) < 4.78 is 83.9. The van der Waals surface area contributed by atoms with Gasteiger partial charge in [-0.15, -0.1) is 0 Å². The minimum atomic E-state index is -0.849. The maximum atomic E-state index is 11.6. The Balaban J connectivity index is -0.000000262. The second-order valence-corrected chi connectivity index (χ2v) is 34.3. The minimum Gasteiger partial charge on any atom is -0.428 e. The predicted molar refractivity (Wildman–Crippen MR) is 498 cm³/mol. The first-order valence-corrected chi connectivity index (χ1v) is 48.5. The van der Waals surface area contributed by atoms with Crippen LogP contribution in [0.3, 0.4) is 0 Å². The Labute approximate surface area is 796 Å². The number of carbonyl (C=O) groups is 18. The van der Waals surface area contributed by atoms with Crippen molar-refractivity contribution in [3.8, 4) is 0 Å². The van der Waals surface area contributed by atoms with Gasteiger partial charge in [-0.2, -0.15) is 0 Å². The van der Waals surface area contributed by atoms with Gasteiger partial charge in [-0.05, 0) is 152 Å². The number of esters is 9. The van der Waals surface area contributed by atoms with Gasteiger partial charge in [0.05, 0.1) is 28.7 Å². The van der Waals surface area contributed by atoms with Gasteiger partial charge >= 0.3 is 101 Å². The predicted octanol–water partition coefficient (Wildman–Crippen LogP) is 10.1. The van der Waals surface area contributed by atoms with E-state index < -0.39 is 108 Å². The van der Waals surface area contributed by atoms with E-state index in [1.54, 1.807) is 92.6 Å². The topological polar surface area (TPSA) is 708 Å². The summed E-state index contributed by atoms with van der Waals surface area (Å²) in [6.45, 7) is 23.9. The Morgan fingerprint density at radius 3 is 0.923 bits per heavy atom. The lowest BCUT2D eigenvalue weighted by Gasteiger charge is -2.19. The van der Waals surface area contributed by atoms with Crippen molar-refractivity contribution >= 4 is 207 Å². The number of hydrogen-bond donors (Lipinski definition) is 9. The Hall–Kier alpha value is -7.53. The molecule has 0 radical (unpaired) electrons. The van der Waals surface area contributed by atoms with E-state index in [1.165, 1.54) is 41.0 Å². The standard InChI is InChI=1S/C11H19NO4S.C11H13NO4S.2C9H17NO4S.2C8H15NO4S.2C7H13NO4S.C6H11NO4S/c2*12-6-7-17-11(14)16-8-15-10(13)9-4-2-1-3-5-9;1-9(2,3)7(11)13-6-14-8(12)15-5-4-10;1-6(2)8(11)13-7(3)14-9(12)15-5-4-10;1-6(2)7(10)12-5-13-8(11)14-4-3-9;1-3-7(10)12-6(2)13-8(11)14-5-4-9;1-5(9)11-6(2)12-7(10)13-4-3-8;1-2-6(9)11-5-12-7(10)13-4-3-8;1-5(8)10-4-11-6(9)12-3-2-7/h9H,1-8,12H2;1-5H,6-8,12H2;4-6,10H2,1-3H3;6-7H,4-5,10H2,1-3H3;2*6H,3-5,9H2,1-2H3;6H,3-4,8H2,1-2H3;2-5,8H2,1H3;2-4,7H2,1H3/t;;;7-;;2*6-;;/m...0.00../s1. The lowest BCUT2D eigenvalue weighted by atomic mass is 9.89. The number of thioether (sulfide) groups is 9. The molecular weight excluding hydrogens is 1900 g/mol. The van der Waals surface area contributed by atoms with Gasteiger partial charge in [-0.3, -0.25) is 38.4 Å². The van der Waals surface area contributed by atoms with E-state index in [0.717, 1.165) is 132 Å². The van der Waals surface area contributed by atoms with Gasteiger partial charge in [0, 0.05) is 158 Å². The fraction of sp³-hybridized carbons (Fsp3) is 0.684. The molecule has 0 spiro atoms. The molecular formula is C76H133N9O36S9. The van der Waals surface area contributed by atoms with Gasteiger partial charge in [0.25, 0.3) is 0 Å². The van der Waals surface area contributed by atoms with Gasteiger partial charge < -0.3 is 137 Å². The molecule has 0 heterocycles. The Kier molecular flexibility index (Phi) is 98.7. The Morgan fingerprint density at radius 2 is 0.615 bits per heavy atom. The van der Waals surface area contributed by atoms with Crippen LogP contribution in [0.5, 0.6) is 0 Å². The first-order chi connectivity index (χ1) is 61.4. The summed E-state index contributed by atoms with van der Waals surface area (Å²) in [6, 6.07) is 8.47. The summed E-state index contributed by atoms with van der Waals surface area (Å²) in [5.74, 6) is 0.281. The SMILES string of the molecule is CC(=O)OCOC(=O)SCCN.CC(=O)O[C@H](C)OC(=O)SCCN.CC(C)(C)C(=O)OCOC(=O)SCCN.CC(C)C(=O)OCOC(=O)SCCN.CC(C)C(=O)O[C@H](C)OC(=O)SCCN.CCC(=O)OCOC(=O)SCCN.CCC(=O)O[C@H](C)OC(=O)SCCN.NCCSC(=O)OCOC(=O)C1CCCCC1.NCCSC(=O)OCOC(=O)c1ccccc1. The number of rotatable bonds is 42. The molecule has 0 saturated heterocycles. The molecule has 0 unspecified atom stereocenters. The molecule has 0 aliphatic heterocycles. The van der Waals surface area contributed by atoms with E-state index >= 15 is 0 Å². The van der Waals surface area contributed by atoms with Gasteiger partial charge in [0.1, 0.15) is 0 Å². The number of carbonyl (C=O) groups excluding carboxylic acids is 18. The van der Waals surface area contributed by atoms with E-state index in [0.29, 0.717) is 116 Å². The van der Waals surface area contributed by atoms with E-state index in [2.05, 4.69) is 47.4 Å². The first-order valence-electron chi connectivity index (χ1n) is 39.6. The fourth-order valence-corrected chi connectivity index (χ4v) is 10.3. The molecule has 1 fully saturated rings. The highest BCUT2D eigenvalue weighted by Crippen LogP contribution is 2.25. The van der Waals surface area contributed by atoms with Crippen molar-refractivity contribution in [2.45, 2.75) is 161 Å². The zero-order valence-corrected chi connectivity index (χ0v) is 83.2. The smallest absolute Gasteiger partial charge is 0.370 e. The number of nitrogens with two attached hydrogens (primary N) is 9. The molecule has 54 heteroatoms. The lowest BCUT2D eigenvalue weighted by Crippen LogP contribution is -2.24. The quantitative estimate of drug-likeness (QED) is 0.0167. The van der Waals surface area contributed by atoms with Crippen LogP contribution in [0.4, 0.5) is 43.2 Å². The van der Waals surface area contributed by atoms with Crippen molar-refractivity contribution in [1.29, 1.82) is 0 Å². The fourth-order valence-electron chi connectivity index (χ4n) is 6.35. The zero-order valence-electron chi connectivity index (χ0n) is 75.8. The molecule has 3 atom stereocenters. The summed E-state index contributed by atoms with van der Waals surface area (Å²) in [6.07, 6.45) is 3.12. The van der Waals surface area contributed by atoms with Gasteiger partial charge in [0.15, 0.2) is 0 Å². The second kappa shape index (κ2) is 94.7. The van der Waals surface area contributed by atoms with Crippen molar-refractivity contribution in [3.05, 3.63) is 35.9 Å². The highest BCUT2D eigenvalue weighted by molar-refractivity contribution is 8.15. The maximum absolute atomic E-state index is 11.6. The van der Waals surface area contributed by atoms with Crippen LogP contribution in [0, 0.1) is 23.2 Å². The van der Waals surface area contributed by atoms with Gasteiger partial charge in [0.2, 0.25) is 59.6 Å². The molecule has 1 aromatic rings. The van der Waals surface area contributed by atoms with Crippen molar-refractivity contribution < 1.29 is 172 Å². The van der Waals surface area contributed by atoms with Crippen molar-refractivity contribution in [2.24, 2.45) is 74.8 Å². The largest absolute Gasteiger partial charge is 0.428 e. The molecule has 1 saturated carbocycles. The van der Waals surface area contributed by atoms with Crippen molar-refractivity contribution in [2.75, 3.05) is 151 Å². The summed E-state index contributed by atoms with van der Waals surface area (Å²) >= 11 is 8.64. The molecule has 18 N–H and O–H groups in total. The third kappa shape index (κ3) is 101. The lowest BCUT2D eigenvalue weighted by molar-refractivity contribution is -0.168. The maximum Gasteiger partial charge on any atom is 0.370 e. The molecule has 45 nitrogen and oxygen atoms in total. The van der Waals surface area contributed by atoms with Crippen LogP contribution < -0.4 is 51.6 Å². The number of ether oxygens (including phenoxy) is 18. The van der Waals surface area contributed by atoms with Crippen LogP contribution in [-0.2, 0) is 124 Å². The number of hydrogen-bond acceptors (Lipinski definition) is 54. The Bertz CT molecular complexity index is 3290. The van der Waals surface area contributed by atoms with E-state index in [9.17, 15) is 86.3 Å². The first kappa shape index (κ1) is 136. The molecule has 1 aliphatic carbocycles. The van der Waals surface area contributed by atoms with Crippen LogP contribution in [-0.4, -0.2) is 272 Å². The molecule has 1 aromatic carbocycles. The van der Waals surface area contributed by atoms with Crippen LogP contribution in [0.1, 0.15) is 152 Å². The average Bonchev–Trinajstić information content (AvgIpc) is 0.924. The third-order valence-electron chi connectivity index (χ3n) is 12.1. The monoisotopic (exact) mass is 2040 g/mol. The molecule has 1 aliphatic rings. The summed E-state index contributed by atoms with van der Waals surface area (Å²) in [4.78, 5) is 196. The van der Waals surface area contributed by atoms with Crippen LogP contribution >= 0.6 is 106 Å². The highest BCUT2D eigenvalue weighted by atomic mass is 32.2. The van der Waals surface area contributed by atoms with Crippen LogP contribution in [0.2, 0.25) is 0 Å².